The number of para-hydroxylation sites is 2. The summed E-state index contributed by atoms with van der Waals surface area (Å²) in [6.07, 6.45) is 1.47. The summed E-state index contributed by atoms with van der Waals surface area (Å²) in [5.41, 5.74) is 3.37. The molecular weight excluding hydrogens is 422 g/mol. The Morgan fingerprint density at radius 2 is 1.59 bits per heavy atom. The summed E-state index contributed by atoms with van der Waals surface area (Å²) in [6.45, 7) is 6.04. The van der Waals surface area contributed by atoms with Crippen LogP contribution in [-0.2, 0) is 11.2 Å². The van der Waals surface area contributed by atoms with Crippen molar-refractivity contribution in [2.24, 2.45) is 0 Å². The number of benzene rings is 3. The Balaban J connectivity index is 1.86. The van der Waals surface area contributed by atoms with E-state index in [1.807, 2.05) is 92.7 Å². The first-order valence-corrected chi connectivity index (χ1v) is 11.9. The molecule has 1 heterocycles. The maximum atomic E-state index is 13.7. The van der Waals surface area contributed by atoms with Crippen LogP contribution in [0.4, 0.5) is 0 Å². The fraction of sp³-hybridized carbons (Fsp3) is 0.276. The highest BCUT2D eigenvalue weighted by Crippen LogP contribution is 2.28. The predicted octanol–water partition coefficient (Wildman–Crippen LogP) is 5.66. The van der Waals surface area contributed by atoms with Crippen LogP contribution in [0.5, 0.6) is 0 Å². The molecular formula is C29H31N3O2. The van der Waals surface area contributed by atoms with Crippen LogP contribution in [0.3, 0.4) is 0 Å². The van der Waals surface area contributed by atoms with E-state index in [1.54, 1.807) is 16.5 Å². The summed E-state index contributed by atoms with van der Waals surface area (Å²) in [5.74, 6) is 0.319. The van der Waals surface area contributed by atoms with Gasteiger partial charge >= 0.3 is 0 Å². The number of carbonyl (C=O) groups excluding carboxylic acids is 1. The summed E-state index contributed by atoms with van der Waals surface area (Å²) >= 11 is 0. The van der Waals surface area contributed by atoms with E-state index in [9.17, 15) is 9.59 Å². The SMILES string of the molecule is CCc1ccccc1-n1c(C(C)N(C)C(=O)C(CC)c2ccccc2)nc2ccccc2c1=O. The van der Waals surface area contributed by atoms with Gasteiger partial charge in [0.1, 0.15) is 5.82 Å². The van der Waals surface area contributed by atoms with Crippen molar-refractivity contribution in [3.05, 3.63) is 106 Å². The van der Waals surface area contributed by atoms with Gasteiger partial charge in [-0.2, -0.15) is 0 Å². The third kappa shape index (κ3) is 4.26. The average Bonchev–Trinajstić information content (AvgIpc) is 2.88. The zero-order valence-electron chi connectivity index (χ0n) is 20.2. The molecule has 2 atom stereocenters. The second-order valence-corrected chi connectivity index (χ2v) is 8.61. The summed E-state index contributed by atoms with van der Waals surface area (Å²) in [4.78, 5) is 34.0. The monoisotopic (exact) mass is 453 g/mol. The van der Waals surface area contributed by atoms with E-state index in [0.717, 1.165) is 23.2 Å². The molecule has 3 aromatic carbocycles. The Labute approximate surface area is 200 Å². The molecule has 0 spiro atoms. The Hall–Kier alpha value is -3.73. The van der Waals surface area contributed by atoms with Gasteiger partial charge in [0.05, 0.1) is 28.6 Å². The summed E-state index contributed by atoms with van der Waals surface area (Å²) < 4.78 is 1.69. The second-order valence-electron chi connectivity index (χ2n) is 8.61. The Morgan fingerprint density at radius 3 is 2.29 bits per heavy atom. The van der Waals surface area contributed by atoms with Gasteiger partial charge in [-0.05, 0) is 49.1 Å². The standard InChI is InChI=1S/C29H31N3O2/c1-5-21-14-10-13-19-26(21)32-27(30-25-18-12-11-17-24(25)29(32)34)20(3)31(4)28(33)23(6-2)22-15-8-7-9-16-22/h7-20,23H,5-6H2,1-4H3. The molecule has 0 aliphatic carbocycles. The van der Waals surface area contributed by atoms with Crippen LogP contribution in [0.2, 0.25) is 0 Å². The molecule has 0 bridgehead atoms. The first-order valence-electron chi connectivity index (χ1n) is 11.9. The highest BCUT2D eigenvalue weighted by molar-refractivity contribution is 5.84. The minimum atomic E-state index is -0.410. The topological polar surface area (TPSA) is 55.2 Å². The van der Waals surface area contributed by atoms with Crippen LogP contribution in [-0.4, -0.2) is 27.4 Å². The van der Waals surface area contributed by atoms with E-state index in [-0.39, 0.29) is 17.4 Å². The number of hydrogen-bond acceptors (Lipinski definition) is 3. The van der Waals surface area contributed by atoms with Crippen LogP contribution < -0.4 is 5.56 Å². The molecule has 0 N–H and O–H groups in total. The average molecular weight is 454 g/mol. The minimum Gasteiger partial charge on any atom is -0.335 e. The van der Waals surface area contributed by atoms with Crippen molar-refractivity contribution in [1.82, 2.24) is 14.5 Å². The molecule has 0 radical (unpaired) electrons. The van der Waals surface area contributed by atoms with E-state index in [2.05, 4.69) is 6.92 Å². The van der Waals surface area contributed by atoms with Gasteiger partial charge in [0.25, 0.3) is 5.56 Å². The number of nitrogens with zero attached hydrogens (tertiary/aromatic N) is 3. The quantitative estimate of drug-likeness (QED) is 0.363. The first kappa shape index (κ1) is 23.4. The van der Waals surface area contributed by atoms with Gasteiger partial charge in [0.15, 0.2) is 0 Å². The fourth-order valence-electron chi connectivity index (χ4n) is 4.54. The molecule has 0 saturated heterocycles. The van der Waals surface area contributed by atoms with E-state index < -0.39 is 6.04 Å². The van der Waals surface area contributed by atoms with Gasteiger partial charge in [0, 0.05) is 7.05 Å². The summed E-state index contributed by atoms with van der Waals surface area (Å²) in [6, 6.07) is 24.7. The van der Waals surface area contributed by atoms with E-state index in [0.29, 0.717) is 23.1 Å². The number of amides is 1. The van der Waals surface area contributed by atoms with Crippen LogP contribution in [0, 0.1) is 0 Å². The van der Waals surface area contributed by atoms with Crippen LogP contribution in [0.1, 0.15) is 56.1 Å². The Kier molecular flexibility index (Phi) is 6.92. The molecule has 4 rings (SSSR count). The van der Waals surface area contributed by atoms with Crippen molar-refractivity contribution >= 4 is 16.8 Å². The number of aromatic nitrogens is 2. The Bertz CT molecular complexity index is 1360. The van der Waals surface area contributed by atoms with Gasteiger partial charge in [-0.15, -0.1) is 0 Å². The van der Waals surface area contributed by atoms with Gasteiger partial charge in [0.2, 0.25) is 5.91 Å². The molecule has 0 fully saturated rings. The van der Waals surface area contributed by atoms with Crippen molar-refractivity contribution in [1.29, 1.82) is 0 Å². The zero-order valence-corrected chi connectivity index (χ0v) is 20.2. The normalized spacial score (nSPS) is 12.9. The smallest absolute Gasteiger partial charge is 0.266 e. The van der Waals surface area contributed by atoms with Gasteiger partial charge < -0.3 is 4.90 Å². The van der Waals surface area contributed by atoms with Crippen molar-refractivity contribution < 1.29 is 4.79 Å². The Morgan fingerprint density at radius 1 is 0.941 bits per heavy atom. The lowest BCUT2D eigenvalue weighted by atomic mass is 9.94. The van der Waals surface area contributed by atoms with Gasteiger partial charge in [-0.3, -0.25) is 14.2 Å². The highest BCUT2D eigenvalue weighted by Gasteiger charge is 2.29. The largest absolute Gasteiger partial charge is 0.335 e. The number of aryl methyl sites for hydroxylation is 1. The third-order valence-electron chi connectivity index (χ3n) is 6.63. The molecule has 5 nitrogen and oxygen atoms in total. The third-order valence-corrected chi connectivity index (χ3v) is 6.63. The zero-order chi connectivity index (χ0) is 24.2. The highest BCUT2D eigenvalue weighted by atomic mass is 16.2. The molecule has 0 aliphatic rings. The maximum Gasteiger partial charge on any atom is 0.266 e. The molecule has 5 heteroatoms. The van der Waals surface area contributed by atoms with Crippen LogP contribution in [0.15, 0.2) is 83.7 Å². The minimum absolute atomic E-state index is 0.0129. The van der Waals surface area contributed by atoms with Gasteiger partial charge in [-0.25, -0.2) is 4.98 Å². The molecule has 34 heavy (non-hydrogen) atoms. The second kappa shape index (κ2) is 10.0. The fourth-order valence-corrected chi connectivity index (χ4v) is 4.54. The van der Waals surface area contributed by atoms with Crippen LogP contribution >= 0.6 is 0 Å². The number of hydrogen-bond donors (Lipinski definition) is 0. The van der Waals surface area contributed by atoms with E-state index >= 15 is 0 Å². The number of rotatable bonds is 7. The molecule has 4 aromatic rings. The van der Waals surface area contributed by atoms with Gasteiger partial charge in [-0.1, -0.05) is 74.5 Å². The van der Waals surface area contributed by atoms with E-state index in [1.165, 1.54) is 0 Å². The lowest BCUT2D eigenvalue weighted by Crippen LogP contribution is -2.37. The number of likely N-dealkylation sites (N-methyl/N-ethyl adjacent to an activating group) is 1. The molecule has 1 amide bonds. The number of fused-ring (bicyclic) bond motifs is 1. The molecule has 0 aliphatic heterocycles. The lowest BCUT2D eigenvalue weighted by molar-refractivity contribution is -0.133. The van der Waals surface area contributed by atoms with E-state index in [4.69, 9.17) is 4.98 Å². The maximum absolute atomic E-state index is 13.7. The molecule has 174 valence electrons. The van der Waals surface area contributed by atoms with Crippen molar-refractivity contribution in [3.8, 4) is 5.69 Å². The molecule has 2 unspecified atom stereocenters. The summed E-state index contributed by atoms with van der Waals surface area (Å²) in [7, 11) is 1.80. The number of carbonyl (C=O) groups is 1. The van der Waals surface area contributed by atoms with Crippen LogP contribution in [0.25, 0.3) is 16.6 Å². The summed E-state index contributed by atoms with van der Waals surface area (Å²) in [5, 5.41) is 0.564. The van der Waals surface area contributed by atoms with Crippen molar-refractivity contribution in [3.63, 3.8) is 0 Å². The lowest BCUT2D eigenvalue weighted by Gasteiger charge is -2.30. The predicted molar refractivity (Wildman–Crippen MR) is 137 cm³/mol. The molecule has 0 saturated carbocycles. The first-order chi connectivity index (χ1) is 16.5. The van der Waals surface area contributed by atoms with Crippen molar-refractivity contribution in [2.75, 3.05) is 7.05 Å². The molecule has 1 aromatic heterocycles. The van der Waals surface area contributed by atoms with Crippen molar-refractivity contribution in [2.45, 2.75) is 45.6 Å².